The lowest BCUT2D eigenvalue weighted by molar-refractivity contribution is 0.242. The molecule has 4 rings (SSSR count). The lowest BCUT2D eigenvalue weighted by Gasteiger charge is -2.28. The number of hydrogen-bond acceptors (Lipinski definition) is 5. The van der Waals surface area contributed by atoms with E-state index in [2.05, 4.69) is 21.8 Å². The van der Waals surface area contributed by atoms with Crippen molar-refractivity contribution < 1.29 is 0 Å². The van der Waals surface area contributed by atoms with E-state index in [0.717, 1.165) is 48.8 Å². The first-order valence-electron chi connectivity index (χ1n) is 8.62. The molecule has 0 aliphatic carbocycles. The van der Waals surface area contributed by atoms with Gasteiger partial charge in [0.1, 0.15) is 5.15 Å². The van der Waals surface area contributed by atoms with E-state index in [-0.39, 0.29) is 0 Å². The maximum absolute atomic E-state index is 5.95. The Morgan fingerprint density at radius 1 is 1.15 bits per heavy atom. The third-order valence-electron chi connectivity index (χ3n) is 4.76. The second-order valence-corrected chi connectivity index (χ2v) is 7.07. The van der Waals surface area contributed by atoms with Gasteiger partial charge in [0.25, 0.3) is 0 Å². The second kappa shape index (κ2) is 7.02. The number of aryl methyl sites for hydroxylation is 1. The topological polar surface area (TPSA) is 67.9 Å². The summed E-state index contributed by atoms with van der Waals surface area (Å²) in [6.07, 6.45) is 4.74. The zero-order chi connectivity index (χ0) is 18.1. The Hall–Kier alpha value is -2.50. The van der Waals surface area contributed by atoms with Gasteiger partial charge in [0.15, 0.2) is 5.82 Å². The minimum Gasteiger partial charge on any atom is -0.399 e. The Labute approximate surface area is 157 Å². The summed E-state index contributed by atoms with van der Waals surface area (Å²) in [4.78, 5) is 15.9. The quantitative estimate of drug-likeness (QED) is 0.567. The van der Waals surface area contributed by atoms with Crippen molar-refractivity contribution in [2.24, 2.45) is 0 Å². The van der Waals surface area contributed by atoms with Crippen LogP contribution in [0.4, 0.5) is 5.69 Å². The summed E-state index contributed by atoms with van der Waals surface area (Å²) in [5.41, 5.74) is 12.2. The molecule has 0 atom stereocenters. The normalized spacial score (nSPS) is 14.2. The molecule has 0 amide bonds. The summed E-state index contributed by atoms with van der Waals surface area (Å²) in [7, 11) is 0. The first kappa shape index (κ1) is 16.9. The third kappa shape index (κ3) is 3.54. The van der Waals surface area contributed by atoms with Gasteiger partial charge in [-0.2, -0.15) is 0 Å². The number of pyridine rings is 1. The number of benzene rings is 1. The lowest BCUT2D eigenvalue weighted by Crippen LogP contribution is -2.31. The maximum atomic E-state index is 5.95. The summed E-state index contributed by atoms with van der Waals surface area (Å²) in [5, 5.41) is 0.541. The monoisotopic (exact) mass is 365 g/mol. The van der Waals surface area contributed by atoms with Crippen molar-refractivity contribution in [1.82, 2.24) is 19.9 Å². The second-order valence-electron chi connectivity index (χ2n) is 6.68. The number of anilines is 1. The van der Waals surface area contributed by atoms with Gasteiger partial charge >= 0.3 is 0 Å². The van der Waals surface area contributed by atoms with E-state index in [1.54, 1.807) is 0 Å². The van der Waals surface area contributed by atoms with Crippen molar-refractivity contribution in [3.05, 3.63) is 70.3 Å². The minimum absolute atomic E-state index is 0.541. The highest BCUT2D eigenvalue weighted by atomic mass is 35.5. The van der Waals surface area contributed by atoms with Crippen LogP contribution in [0.5, 0.6) is 0 Å². The standard InChI is InChI=1S/C20H20ClN5/c1-13-8-19(21)23-9-15(13)11-26-7-6-18-16(12-26)10-24-20(25-18)14-2-4-17(22)5-3-14/h2-5,8-10H,6-7,11-12,22H2,1H3. The highest BCUT2D eigenvalue weighted by molar-refractivity contribution is 6.29. The molecule has 2 N–H and O–H groups in total. The number of halogens is 1. The van der Waals surface area contributed by atoms with Crippen molar-refractivity contribution >= 4 is 17.3 Å². The van der Waals surface area contributed by atoms with Crippen LogP contribution in [0.3, 0.4) is 0 Å². The van der Waals surface area contributed by atoms with Crippen LogP contribution in [0.1, 0.15) is 22.4 Å². The average Bonchev–Trinajstić information content (AvgIpc) is 2.64. The van der Waals surface area contributed by atoms with Gasteiger partial charge in [0, 0.05) is 55.3 Å². The molecule has 0 bridgehead atoms. The molecular formula is C20H20ClN5. The largest absolute Gasteiger partial charge is 0.399 e. The molecule has 26 heavy (non-hydrogen) atoms. The van der Waals surface area contributed by atoms with Crippen LogP contribution >= 0.6 is 11.6 Å². The van der Waals surface area contributed by atoms with E-state index in [4.69, 9.17) is 22.3 Å². The average molecular weight is 366 g/mol. The van der Waals surface area contributed by atoms with E-state index < -0.39 is 0 Å². The molecule has 1 aliphatic rings. The van der Waals surface area contributed by atoms with Gasteiger partial charge in [-0.3, -0.25) is 4.90 Å². The SMILES string of the molecule is Cc1cc(Cl)ncc1CN1CCc2nc(-c3ccc(N)cc3)ncc2C1. The van der Waals surface area contributed by atoms with Crippen molar-refractivity contribution in [3.63, 3.8) is 0 Å². The number of nitrogens with zero attached hydrogens (tertiary/aromatic N) is 4. The van der Waals surface area contributed by atoms with Crippen LogP contribution in [0, 0.1) is 6.92 Å². The molecule has 3 aromatic rings. The number of nitrogens with two attached hydrogens (primary N) is 1. The fourth-order valence-corrected chi connectivity index (χ4v) is 3.45. The van der Waals surface area contributed by atoms with Gasteiger partial charge in [0.2, 0.25) is 0 Å². The van der Waals surface area contributed by atoms with Crippen LogP contribution < -0.4 is 5.73 Å². The highest BCUT2D eigenvalue weighted by Crippen LogP contribution is 2.23. The molecule has 0 unspecified atom stereocenters. The van der Waals surface area contributed by atoms with Crippen LogP contribution in [0.25, 0.3) is 11.4 Å². The smallest absolute Gasteiger partial charge is 0.159 e. The van der Waals surface area contributed by atoms with Gasteiger partial charge in [0.05, 0.1) is 5.69 Å². The Bertz CT molecular complexity index is 939. The molecule has 0 spiro atoms. The molecular weight excluding hydrogens is 346 g/mol. The molecule has 1 aromatic carbocycles. The molecule has 3 heterocycles. The summed E-state index contributed by atoms with van der Waals surface area (Å²) >= 11 is 5.95. The summed E-state index contributed by atoms with van der Waals surface area (Å²) in [6.45, 7) is 4.74. The molecule has 1 aliphatic heterocycles. The van der Waals surface area contributed by atoms with E-state index in [9.17, 15) is 0 Å². The predicted molar refractivity (Wildman–Crippen MR) is 104 cm³/mol. The third-order valence-corrected chi connectivity index (χ3v) is 4.97. The van der Waals surface area contributed by atoms with Gasteiger partial charge in [-0.1, -0.05) is 11.6 Å². The minimum atomic E-state index is 0.541. The number of aromatic nitrogens is 3. The van der Waals surface area contributed by atoms with E-state index in [0.29, 0.717) is 5.15 Å². The van der Waals surface area contributed by atoms with E-state index in [1.165, 1.54) is 16.7 Å². The lowest BCUT2D eigenvalue weighted by atomic mass is 10.0. The Morgan fingerprint density at radius 2 is 1.96 bits per heavy atom. The van der Waals surface area contributed by atoms with Gasteiger partial charge in [-0.15, -0.1) is 0 Å². The maximum Gasteiger partial charge on any atom is 0.159 e. The Kier molecular flexibility index (Phi) is 4.57. The van der Waals surface area contributed by atoms with Crippen LogP contribution in [0.15, 0.2) is 42.7 Å². The van der Waals surface area contributed by atoms with E-state index in [1.807, 2.05) is 42.7 Å². The van der Waals surface area contributed by atoms with Crippen molar-refractivity contribution in [2.45, 2.75) is 26.4 Å². The summed E-state index contributed by atoms with van der Waals surface area (Å²) in [5.74, 6) is 0.759. The molecule has 0 saturated heterocycles. The Morgan fingerprint density at radius 3 is 2.73 bits per heavy atom. The van der Waals surface area contributed by atoms with Crippen LogP contribution in [-0.4, -0.2) is 26.4 Å². The van der Waals surface area contributed by atoms with Crippen LogP contribution in [0.2, 0.25) is 5.15 Å². The number of rotatable bonds is 3. The molecule has 0 fully saturated rings. The molecule has 6 heteroatoms. The van der Waals surface area contributed by atoms with Gasteiger partial charge in [-0.25, -0.2) is 15.0 Å². The zero-order valence-corrected chi connectivity index (χ0v) is 15.4. The Balaban J connectivity index is 1.51. The van der Waals surface area contributed by atoms with Crippen molar-refractivity contribution in [3.8, 4) is 11.4 Å². The zero-order valence-electron chi connectivity index (χ0n) is 14.6. The predicted octanol–water partition coefficient (Wildman–Crippen LogP) is 3.64. The molecule has 0 radical (unpaired) electrons. The number of hydrogen-bond donors (Lipinski definition) is 1. The van der Waals surface area contributed by atoms with Crippen molar-refractivity contribution in [2.75, 3.05) is 12.3 Å². The fourth-order valence-electron chi connectivity index (χ4n) is 3.24. The first-order chi connectivity index (χ1) is 12.6. The number of nitrogen functional groups attached to an aromatic ring is 1. The summed E-state index contributed by atoms with van der Waals surface area (Å²) < 4.78 is 0. The fraction of sp³-hybridized carbons (Fsp3) is 0.250. The molecule has 0 saturated carbocycles. The molecule has 2 aromatic heterocycles. The number of fused-ring (bicyclic) bond motifs is 1. The van der Waals surface area contributed by atoms with Gasteiger partial charge < -0.3 is 5.73 Å². The van der Waals surface area contributed by atoms with Crippen molar-refractivity contribution in [1.29, 1.82) is 0 Å². The highest BCUT2D eigenvalue weighted by Gasteiger charge is 2.19. The first-order valence-corrected chi connectivity index (χ1v) is 9.00. The van der Waals surface area contributed by atoms with Gasteiger partial charge in [-0.05, 0) is 48.4 Å². The molecule has 5 nitrogen and oxygen atoms in total. The summed E-state index contributed by atoms with van der Waals surface area (Å²) in [6, 6.07) is 9.59. The van der Waals surface area contributed by atoms with Crippen LogP contribution in [-0.2, 0) is 19.5 Å². The van der Waals surface area contributed by atoms with E-state index >= 15 is 0 Å². The molecule has 132 valence electrons.